The first-order chi connectivity index (χ1) is 13.4. The van der Waals surface area contributed by atoms with Crippen molar-refractivity contribution in [1.29, 1.82) is 0 Å². The first kappa shape index (κ1) is 22.9. The Bertz CT molecular complexity index is 774. The van der Waals surface area contributed by atoms with Gasteiger partial charge in [-0.2, -0.15) is 0 Å². The van der Waals surface area contributed by atoms with Crippen LogP contribution in [0.1, 0.15) is 44.2 Å². The number of likely N-dealkylation sites (tertiary alicyclic amines) is 1. The zero-order valence-corrected chi connectivity index (χ0v) is 16.8. The first-order valence-corrected chi connectivity index (χ1v) is 9.54. The van der Waals surface area contributed by atoms with Crippen molar-refractivity contribution >= 4 is 23.5 Å². The second-order valence-corrected chi connectivity index (χ2v) is 6.41. The molecule has 1 aromatic carbocycles. The summed E-state index contributed by atoms with van der Waals surface area (Å²) in [7, 11) is 0. The van der Waals surface area contributed by atoms with Gasteiger partial charge in [0, 0.05) is 36.1 Å². The standard InChI is InChI=1S/C12H13N3O.C7H11NO.C3H8/c13-10(7-8-5-6-15-12(8)14)9-3-1-2-4-11(9)16;1-2-7(9)8-5-3-4-6-8;1-3-2/h1-7,15-16H,13-14H2;2H,1,3-6H2;3H2,1-2H3/b10-7-;;. The monoisotopic (exact) mass is 384 g/mol. The van der Waals surface area contributed by atoms with E-state index >= 15 is 0 Å². The summed E-state index contributed by atoms with van der Waals surface area (Å²) in [6.07, 6.45) is 8.39. The number of phenols is 1. The number of hydrogen-bond acceptors (Lipinski definition) is 4. The van der Waals surface area contributed by atoms with Crippen molar-refractivity contribution in [3.05, 3.63) is 60.3 Å². The van der Waals surface area contributed by atoms with Crippen LogP contribution in [0, 0.1) is 0 Å². The molecule has 0 radical (unpaired) electrons. The molecule has 0 unspecified atom stereocenters. The van der Waals surface area contributed by atoms with Crippen molar-refractivity contribution in [2.45, 2.75) is 33.1 Å². The molecule has 0 saturated carbocycles. The number of nitrogens with one attached hydrogen (secondary N) is 1. The number of anilines is 1. The molecule has 6 N–H and O–H groups in total. The highest BCUT2D eigenvalue weighted by molar-refractivity contribution is 5.87. The fraction of sp³-hybridized carbons (Fsp3) is 0.318. The number of phenolic OH excluding ortho intramolecular Hbond substituents is 1. The van der Waals surface area contributed by atoms with E-state index in [1.165, 1.54) is 12.5 Å². The molecule has 0 bridgehead atoms. The average Bonchev–Trinajstić information content (AvgIpc) is 3.35. The fourth-order valence-corrected chi connectivity index (χ4v) is 2.55. The number of aromatic hydroxyl groups is 1. The van der Waals surface area contributed by atoms with Gasteiger partial charge in [0.1, 0.15) is 11.6 Å². The van der Waals surface area contributed by atoms with Crippen LogP contribution in [-0.4, -0.2) is 34.0 Å². The van der Waals surface area contributed by atoms with Crippen LogP contribution in [0.15, 0.2) is 49.2 Å². The maximum atomic E-state index is 10.8. The first-order valence-electron chi connectivity index (χ1n) is 9.54. The number of nitrogens with zero attached hydrogens (tertiary/aromatic N) is 1. The Morgan fingerprint density at radius 1 is 1.25 bits per heavy atom. The Labute approximate surface area is 167 Å². The molecular weight excluding hydrogens is 352 g/mol. The molecule has 1 aliphatic heterocycles. The van der Waals surface area contributed by atoms with Crippen molar-refractivity contribution in [3.63, 3.8) is 0 Å². The number of aromatic nitrogens is 1. The Morgan fingerprint density at radius 2 is 1.86 bits per heavy atom. The normalized spacial score (nSPS) is 13.1. The topological polar surface area (TPSA) is 108 Å². The third-order valence-electron chi connectivity index (χ3n) is 3.93. The number of aromatic amines is 1. The van der Waals surface area contributed by atoms with Gasteiger partial charge in [-0.15, -0.1) is 0 Å². The summed E-state index contributed by atoms with van der Waals surface area (Å²) in [6.45, 7) is 9.51. The van der Waals surface area contributed by atoms with Crippen molar-refractivity contribution in [2.75, 3.05) is 18.8 Å². The second kappa shape index (κ2) is 12.3. The molecule has 152 valence electrons. The lowest BCUT2D eigenvalue weighted by Gasteiger charge is -2.10. The number of hydrogen-bond donors (Lipinski definition) is 4. The molecule has 2 aromatic rings. The predicted molar refractivity (Wildman–Crippen MR) is 117 cm³/mol. The summed E-state index contributed by atoms with van der Waals surface area (Å²) < 4.78 is 0. The third kappa shape index (κ3) is 7.23. The number of benzene rings is 1. The molecule has 1 aliphatic rings. The lowest BCUT2D eigenvalue weighted by Crippen LogP contribution is -2.25. The number of H-pyrrole nitrogens is 1. The van der Waals surface area contributed by atoms with Gasteiger partial charge in [0.25, 0.3) is 0 Å². The highest BCUT2D eigenvalue weighted by Gasteiger charge is 2.14. The van der Waals surface area contributed by atoms with Crippen LogP contribution in [0.25, 0.3) is 11.8 Å². The summed E-state index contributed by atoms with van der Waals surface area (Å²) in [4.78, 5) is 15.5. The van der Waals surface area contributed by atoms with Gasteiger partial charge in [0.15, 0.2) is 0 Å². The van der Waals surface area contributed by atoms with Gasteiger partial charge in [-0.25, -0.2) is 0 Å². The van der Waals surface area contributed by atoms with E-state index in [1.807, 2.05) is 17.0 Å². The molecule has 0 atom stereocenters. The highest BCUT2D eigenvalue weighted by atomic mass is 16.3. The van der Waals surface area contributed by atoms with E-state index in [-0.39, 0.29) is 11.7 Å². The van der Waals surface area contributed by atoms with E-state index in [4.69, 9.17) is 11.5 Å². The van der Waals surface area contributed by atoms with Gasteiger partial charge in [-0.1, -0.05) is 39.0 Å². The fourth-order valence-electron chi connectivity index (χ4n) is 2.55. The number of para-hydroxylation sites is 1. The second-order valence-electron chi connectivity index (χ2n) is 6.41. The van der Waals surface area contributed by atoms with Crippen LogP contribution in [0.2, 0.25) is 0 Å². The molecule has 1 fully saturated rings. The summed E-state index contributed by atoms with van der Waals surface area (Å²) in [6, 6.07) is 8.73. The molecule has 0 aliphatic carbocycles. The van der Waals surface area contributed by atoms with Crippen molar-refractivity contribution in [1.82, 2.24) is 9.88 Å². The zero-order chi connectivity index (χ0) is 20.9. The quantitative estimate of drug-likeness (QED) is 0.600. The van der Waals surface area contributed by atoms with Gasteiger partial charge < -0.3 is 26.5 Å². The van der Waals surface area contributed by atoms with Gasteiger partial charge >= 0.3 is 0 Å². The van der Waals surface area contributed by atoms with Gasteiger partial charge in [-0.05, 0) is 43.2 Å². The minimum Gasteiger partial charge on any atom is -0.507 e. The number of amides is 1. The van der Waals surface area contributed by atoms with Crippen LogP contribution < -0.4 is 11.5 Å². The molecule has 1 aromatic heterocycles. The lowest BCUT2D eigenvalue weighted by molar-refractivity contribution is -0.124. The number of rotatable bonds is 3. The van der Waals surface area contributed by atoms with Crippen LogP contribution in [0.5, 0.6) is 5.75 Å². The number of carbonyl (C=O) groups is 1. The molecule has 0 spiro atoms. The Kier molecular flexibility index (Phi) is 10.0. The minimum absolute atomic E-state index is 0.0764. The third-order valence-corrected chi connectivity index (χ3v) is 3.93. The highest BCUT2D eigenvalue weighted by Crippen LogP contribution is 2.24. The molecule has 6 heteroatoms. The maximum absolute atomic E-state index is 10.8. The number of carbonyl (C=O) groups excluding carboxylic acids is 1. The SMILES string of the molecule is C=CC(=O)N1CCCC1.CCC.N/C(=C\c1cc[nH]c1N)c1ccccc1O. The maximum Gasteiger partial charge on any atom is 0.245 e. The average molecular weight is 385 g/mol. The van der Waals surface area contributed by atoms with Crippen molar-refractivity contribution in [3.8, 4) is 5.75 Å². The lowest BCUT2D eigenvalue weighted by atomic mass is 10.1. The number of nitrogen functional groups attached to an aromatic ring is 1. The Balaban J connectivity index is 0.000000276. The van der Waals surface area contributed by atoms with E-state index < -0.39 is 0 Å². The zero-order valence-electron chi connectivity index (χ0n) is 16.8. The van der Waals surface area contributed by atoms with Crippen molar-refractivity contribution in [2.24, 2.45) is 5.73 Å². The van der Waals surface area contributed by atoms with E-state index in [2.05, 4.69) is 25.4 Å². The van der Waals surface area contributed by atoms with Gasteiger partial charge in [0.2, 0.25) is 5.91 Å². The summed E-state index contributed by atoms with van der Waals surface area (Å²) in [5, 5.41) is 9.62. The van der Waals surface area contributed by atoms with E-state index in [1.54, 1.807) is 30.5 Å². The number of nitrogens with two attached hydrogens (primary N) is 2. The van der Waals surface area contributed by atoms with Crippen LogP contribution in [0.4, 0.5) is 5.82 Å². The van der Waals surface area contributed by atoms with Gasteiger partial charge in [0.05, 0.1) is 0 Å². The Hall–Kier alpha value is -3.15. The Morgan fingerprint density at radius 3 is 2.36 bits per heavy atom. The molecule has 2 heterocycles. The summed E-state index contributed by atoms with van der Waals surface area (Å²) >= 11 is 0. The predicted octanol–water partition coefficient (Wildman–Crippen LogP) is 3.97. The molecular formula is C22H32N4O2. The minimum atomic E-state index is 0.0764. The van der Waals surface area contributed by atoms with Crippen molar-refractivity contribution < 1.29 is 9.90 Å². The van der Waals surface area contributed by atoms with E-state index in [0.717, 1.165) is 31.5 Å². The molecule has 6 nitrogen and oxygen atoms in total. The summed E-state index contributed by atoms with van der Waals surface area (Å²) in [5.41, 5.74) is 13.5. The molecule has 1 amide bonds. The van der Waals surface area contributed by atoms with E-state index in [9.17, 15) is 9.90 Å². The van der Waals surface area contributed by atoms with Crippen LogP contribution in [-0.2, 0) is 4.79 Å². The van der Waals surface area contributed by atoms with Gasteiger partial charge in [-0.3, -0.25) is 4.79 Å². The molecule has 3 rings (SSSR count). The largest absolute Gasteiger partial charge is 0.507 e. The van der Waals surface area contributed by atoms with Crippen LogP contribution in [0.3, 0.4) is 0 Å². The van der Waals surface area contributed by atoms with Crippen LogP contribution >= 0.6 is 0 Å². The molecule has 1 saturated heterocycles. The van der Waals surface area contributed by atoms with E-state index in [0.29, 0.717) is 17.1 Å². The molecule has 28 heavy (non-hydrogen) atoms. The summed E-state index contributed by atoms with van der Waals surface area (Å²) in [5.74, 6) is 0.788. The smallest absolute Gasteiger partial charge is 0.245 e.